The van der Waals surface area contributed by atoms with Crippen LogP contribution in [0.5, 0.6) is 0 Å². The number of nitrogens with one attached hydrogen (secondary N) is 1. The van der Waals surface area contributed by atoms with Gasteiger partial charge in [-0.25, -0.2) is 0 Å². The number of ether oxygens (including phenoxy) is 1. The highest BCUT2D eigenvalue weighted by Crippen LogP contribution is 2.24. The summed E-state index contributed by atoms with van der Waals surface area (Å²) in [5.41, 5.74) is 1.35. The van der Waals surface area contributed by atoms with Crippen molar-refractivity contribution >= 4 is 27.5 Å². The fraction of sp³-hybridized carbons (Fsp3) is 0.429. The van der Waals surface area contributed by atoms with Gasteiger partial charge in [0.1, 0.15) is 5.54 Å². The molecule has 0 aromatic carbocycles. The monoisotopic (exact) mass is 278 g/mol. The van der Waals surface area contributed by atoms with Crippen molar-refractivity contribution in [1.29, 1.82) is 0 Å². The highest BCUT2D eigenvalue weighted by atomic mass is 32.1. The first-order chi connectivity index (χ1) is 8.94. The van der Waals surface area contributed by atoms with Gasteiger partial charge in [0.25, 0.3) is 0 Å². The lowest BCUT2D eigenvalue weighted by molar-refractivity contribution is -0.147. The third-order valence-electron chi connectivity index (χ3n) is 3.10. The van der Waals surface area contributed by atoms with Crippen molar-refractivity contribution in [1.82, 2.24) is 10.3 Å². The number of methoxy groups -OCH3 is 1. The van der Waals surface area contributed by atoms with Crippen LogP contribution in [0.15, 0.2) is 23.7 Å². The first-order valence-electron chi connectivity index (χ1n) is 6.13. The molecule has 1 unspecified atom stereocenters. The van der Waals surface area contributed by atoms with Crippen LogP contribution in [-0.4, -0.2) is 23.6 Å². The maximum atomic E-state index is 11.7. The molecule has 1 atom stereocenters. The van der Waals surface area contributed by atoms with Crippen molar-refractivity contribution in [2.24, 2.45) is 0 Å². The van der Waals surface area contributed by atoms with E-state index >= 15 is 0 Å². The zero-order chi connectivity index (χ0) is 14.0. The summed E-state index contributed by atoms with van der Waals surface area (Å²) in [6.07, 6.45) is 1.85. The molecule has 4 nitrogen and oxygen atoms in total. The number of pyridine rings is 1. The van der Waals surface area contributed by atoms with Gasteiger partial charge in [0.15, 0.2) is 0 Å². The molecule has 19 heavy (non-hydrogen) atoms. The Labute approximate surface area is 116 Å². The van der Waals surface area contributed by atoms with Crippen LogP contribution in [0.2, 0.25) is 0 Å². The second-order valence-corrected chi connectivity index (χ2v) is 6.00. The maximum absolute atomic E-state index is 11.7. The minimum atomic E-state index is -0.724. The van der Waals surface area contributed by atoms with E-state index in [4.69, 9.17) is 4.74 Å². The van der Waals surface area contributed by atoms with Crippen molar-refractivity contribution in [2.45, 2.75) is 32.4 Å². The Morgan fingerprint density at radius 3 is 2.95 bits per heavy atom. The van der Waals surface area contributed by atoms with E-state index in [1.54, 1.807) is 11.3 Å². The fourth-order valence-corrected chi connectivity index (χ4v) is 2.83. The lowest BCUT2D eigenvalue weighted by Gasteiger charge is -2.27. The van der Waals surface area contributed by atoms with Crippen LogP contribution >= 0.6 is 11.3 Å². The van der Waals surface area contributed by atoms with Crippen LogP contribution in [0.3, 0.4) is 0 Å². The molecule has 1 N–H and O–H groups in total. The Morgan fingerprint density at radius 1 is 1.53 bits per heavy atom. The van der Waals surface area contributed by atoms with E-state index in [1.807, 2.05) is 38.4 Å². The van der Waals surface area contributed by atoms with Crippen molar-refractivity contribution in [3.63, 3.8) is 0 Å². The number of aromatic nitrogens is 1. The van der Waals surface area contributed by atoms with Gasteiger partial charge in [0.2, 0.25) is 0 Å². The van der Waals surface area contributed by atoms with Gasteiger partial charge < -0.3 is 4.74 Å². The highest BCUT2D eigenvalue weighted by Gasteiger charge is 2.30. The molecule has 2 heterocycles. The molecule has 0 amide bonds. The first-order valence-corrected chi connectivity index (χ1v) is 7.01. The zero-order valence-electron chi connectivity index (χ0n) is 11.6. The molecule has 0 radical (unpaired) electrons. The van der Waals surface area contributed by atoms with Crippen LogP contribution in [0.25, 0.3) is 10.2 Å². The number of nitrogens with zero attached hydrogens (tertiary/aromatic N) is 1. The summed E-state index contributed by atoms with van der Waals surface area (Å²) in [4.78, 5) is 16.1. The number of carbonyl (C=O) groups is 1. The molecule has 5 heteroatoms. The third kappa shape index (κ3) is 2.93. The quantitative estimate of drug-likeness (QED) is 0.874. The molecule has 0 aliphatic carbocycles. The number of thiophene rings is 1. The molecule has 2 aromatic heterocycles. The van der Waals surface area contributed by atoms with E-state index in [9.17, 15) is 4.79 Å². The Morgan fingerprint density at radius 2 is 2.26 bits per heavy atom. The Kier molecular flexibility index (Phi) is 3.87. The molecule has 2 rings (SSSR count). The normalized spacial score (nSPS) is 13.5. The largest absolute Gasteiger partial charge is 0.468 e. The molecule has 2 aromatic rings. The number of esters is 1. The van der Waals surface area contributed by atoms with E-state index in [0.717, 1.165) is 15.8 Å². The average molecular weight is 278 g/mol. The molecule has 0 aliphatic heterocycles. The smallest absolute Gasteiger partial charge is 0.325 e. The molecule has 0 saturated heterocycles. The van der Waals surface area contributed by atoms with Gasteiger partial charge in [0.05, 0.1) is 17.3 Å². The Balaban J connectivity index is 2.19. The molecular weight excluding hydrogens is 260 g/mol. The third-order valence-corrected chi connectivity index (χ3v) is 3.95. The van der Waals surface area contributed by atoms with Gasteiger partial charge >= 0.3 is 5.97 Å². The minimum absolute atomic E-state index is 0.0214. The SMILES string of the molecule is COC(=O)C(C)(C)NC(C)c1cnc2ccsc2c1. The standard InChI is InChI=1S/C14H18N2O2S/c1-9(16-14(2,3)13(17)18-4)10-7-12-11(15-8-10)5-6-19-12/h5-9,16H,1-4H3. The Hall–Kier alpha value is -1.46. The van der Waals surface area contributed by atoms with Crippen molar-refractivity contribution < 1.29 is 9.53 Å². The van der Waals surface area contributed by atoms with Crippen LogP contribution in [0.4, 0.5) is 0 Å². The minimum Gasteiger partial charge on any atom is -0.468 e. The Bertz CT molecular complexity index is 592. The van der Waals surface area contributed by atoms with Crippen molar-refractivity contribution in [2.75, 3.05) is 7.11 Å². The lowest BCUT2D eigenvalue weighted by Crippen LogP contribution is -2.48. The molecule has 0 fully saturated rings. The summed E-state index contributed by atoms with van der Waals surface area (Å²) in [6, 6.07) is 4.13. The zero-order valence-corrected chi connectivity index (χ0v) is 12.4. The van der Waals surface area contributed by atoms with Crippen molar-refractivity contribution in [3.8, 4) is 0 Å². The van der Waals surface area contributed by atoms with E-state index < -0.39 is 5.54 Å². The molecule has 0 saturated carbocycles. The maximum Gasteiger partial charge on any atom is 0.325 e. The van der Waals surface area contributed by atoms with Crippen LogP contribution in [-0.2, 0) is 9.53 Å². The van der Waals surface area contributed by atoms with Gasteiger partial charge in [0, 0.05) is 12.2 Å². The van der Waals surface area contributed by atoms with Crippen molar-refractivity contribution in [3.05, 3.63) is 29.3 Å². The second kappa shape index (κ2) is 5.27. The van der Waals surface area contributed by atoms with E-state index in [0.29, 0.717) is 0 Å². The van der Waals surface area contributed by atoms with Gasteiger partial charge in [-0.1, -0.05) is 0 Å². The second-order valence-electron chi connectivity index (χ2n) is 5.06. The van der Waals surface area contributed by atoms with E-state index in [2.05, 4.69) is 16.4 Å². The first kappa shape index (κ1) is 14.0. The highest BCUT2D eigenvalue weighted by molar-refractivity contribution is 7.17. The van der Waals surface area contributed by atoms with Gasteiger partial charge in [-0.05, 0) is 43.8 Å². The fourth-order valence-electron chi connectivity index (χ4n) is 2.04. The predicted molar refractivity (Wildman–Crippen MR) is 77.3 cm³/mol. The molecule has 0 bridgehead atoms. The van der Waals surface area contributed by atoms with Crippen LogP contribution < -0.4 is 5.32 Å². The lowest BCUT2D eigenvalue weighted by atomic mass is 10.0. The van der Waals surface area contributed by atoms with Gasteiger partial charge in [-0.15, -0.1) is 11.3 Å². The van der Waals surface area contributed by atoms with Crippen LogP contribution in [0, 0.1) is 0 Å². The number of rotatable bonds is 4. The van der Waals surface area contributed by atoms with E-state index in [-0.39, 0.29) is 12.0 Å². The summed E-state index contributed by atoms with van der Waals surface area (Å²) < 4.78 is 5.95. The van der Waals surface area contributed by atoms with Gasteiger partial charge in [-0.2, -0.15) is 0 Å². The summed E-state index contributed by atoms with van der Waals surface area (Å²) in [7, 11) is 1.40. The summed E-state index contributed by atoms with van der Waals surface area (Å²) in [5, 5.41) is 5.30. The molecular formula is C14H18N2O2S. The van der Waals surface area contributed by atoms with Gasteiger partial charge in [-0.3, -0.25) is 15.1 Å². The molecule has 0 aliphatic rings. The summed E-state index contributed by atoms with van der Waals surface area (Å²) >= 11 is 1.67. The predicted octanol–water partition coefficient (Wildman–Crippen LogP) is 2.90. The number of hydrogen-bond acceptors (Lipinski definition) is 5. The summed E-state index contributed by atoms with van der Waals surface area (Å²) in [5.74, 6) is -0.274. The topological polar surface area (TPSA) is 51.2 Å². The summed E-state index contributed by atoms with van der Waals surface area (Å²) in [6.45, 7) is 5.64. The van der Waals surface area contributed by atoms with Crippen LogP contribution in [0.1, 0.15) is 32.4 Å². The number of carbonyl (C=O) groups excluding carboxylic acids is 1. The number of hydrogen-bond donors (Lipinski definition) is 1. The molecule has 102 valence electrons. The molecule has 0 spiro atoms. The van der Waals surface area contributed by atoms with E-state index in [1.165, 1.54) is 7.11 Å². The number of fused-ring (bicyclic) bond motifs is 1. The average Bonchev–Trinajstić information content (AvgIpc) is 2.84.